The summed E-state index contributed by atoms with van der Waals surface area (Å²) < 4.78 is 22.2. The predicted molar refractivity (Wildman–Crippen MR) is 45.6 cm³/mol. The highest BCUT2D eigenvalue weighted by atomic mass is 32.2. The molecule has 0 aromatic rings. The van der Waals surface area contributed by atoms with Crippen LogP contribution in [-0.4, -0.2) is 52.7 Å². The Morgan fingerprint density at radius 2 is 1.64 bits per heavy atom. The first kappa shape index (κ1) is 10.4. The van der Waals surface area contributed by atoms with Gasteiger partial charge in [0.1, 0.15) is 0 Å². The minimum Gasteiger partial charge on any atom is -0.348 e. The highest BCUT2D eigenvalue weighted by Gasteiger charge is 2.04. The first-order chi connectivity index (χ1) is 4.95. The highest BCUT2D eigenvalue weighted by Crippen LogP contribution is 1.90. The first-order valence-electron chi connectivity index (χ1n) is 2.99. The van der Waals surface area contributed by atoms with Crippen molar-refractivity contribution in [2.24, 2.45) is 4.40 Å². The average Bonchev–Trinajstić information content (AvgIpc) is 1.81. The van der Waals surface area contributed by atoms with Gasteiger partial charge in [-0.3, -0.25) is 4.55 Å². The van der Waals surface area contributed by atoms with Gasteiger partial charge < -0.3 is 9.80 Å². The highest BCUT2D eigenvalue weighted by molar-refractivity contribution is 7.78. The van der Waals surface area contributed by atoms with Crippen LogP contribution in [0.4, 0.5) is 0 Å². The summed E-state index contributed by atoms with van der Waals surface area (Å²) in [6.07, 6.45) is 0. The van der Waals surface area contributed by atoms with Gasteiger partial charge in [0.15, 0.2) is 0 Å². The zero-order valence-electron chi connectivity index (χ0n) is 7.11. The van der Waals surface area contributed by atoms with Gasteiger partial charge in [0, 0.05) is 28.2 Å². The second kappa shape index (κ2) is 4.30. The molecule has 5 nitrogen and oxygen atoms in total. The molecule has 0 bridgehead atoms. The van der Waals surface area contributed by atoms with Crippen LogP contribution in [0.3, 0.4) is 0 Å². The summed E-state index contributed by atoms with van der Waals surface area (Å²) >= 11 is -2.13. The first-order valence-corrected chi connectivity index (χ1v) is 4.06. The number of hydrogen-bond donors (Lipinski definition) is 1. The van der Waals surface area contributed by atoms with Gasteiger partial charge in [0.05, 0.1) is 0 Å². The van der Waals surface area contributed by atoms with Crippen LogP contribution in [0.5, 0.6) is 0 Å². The smallest absolute Gasteiger partial charge is 0.285 e. The summed E-state index contributed by atoms with van der Waals surface area (Å²) in [5.74, 6) is 0.464. The topological polar surface area (TPSA) is 56.1 Å². The van der Waals surface area contributed by atoms with E-state index in [4.69, 9.17) is 4.55 Å². The lowest BCUT2D eigenvalue weighted by molar-refractivity contribution is 0.482. The zero-order chi connectivity index (χ0) is 9.02. The summed E-state index contributed by atoms with van der Waals surface area (Å²) in [4.78, 5) is 3.32. The van der Waals surface area contributed by atoms with Crippen molar-refractivity contribution < 1.29 is 8.76 Å². The van der Waals surface area contributed by atoms with Crippen LogP contribution in [0.25, 0.3) is 0 Å². The molecule has 1 N–H and O–H groups in total. The maximum atomic E-state index is 10.3. The molecule has 0 saturated carbocycles. The zero-order valence-corrected chi connectivity index (χ0v) is 7.92. The fourth-order valence-corrected chi connectivity index (χ4v) is 1.10. The third-order valence-electron chi connectivity index (χ3n) is 0.960. The minimum atomic E-state index is -2.13. The van der Waals surface area contributed by atoms with Gasteiger partial charge in [-0.25, -0.2) is 4.21 Å². The van der Waals surface area contributed by atoms with Gasteiger partial charge in [-0.05, 0) is 0 Å². The van der Waals surface area contributed by atoms with E-state index >= 15 is 0 Å². The van der Waals surface area contributed by atoms with E-state index < -0.39 is 11.3 Å². The van der Waals surface area contributed by atoms with Crippen molar-refractivity contribution in [2.45, 2.75) is 0 Å². The van der Waals surface area contributed by atoms with Crippen molar-refractivity contribution in [2.75, 3.05) is 28.2 Å². The SMILES string of the molecule is CN(C)C(=NS(=O)O)N(C)C. The van der Waals surface area contributed by atoms with Crippen LogP contribution in [0.15, 0.2) is 4.40 Å². The van der Waals surface area contributed by atoms with Crippen molar-refractivity contribution in [3.8, 4) is 0 Å². The number of hydrogen-bond acceptors (Lipinski definition) is 1. The molecular weight excluding hydrogens is 166 g/mol. The molecule has 0 aromatic carbocycles. The van der Waals surface area contributed by atoms with Crippen molar-refractivity contribution in [1.29, 1.82) is 0 Å². The predicted octanol–water partition coefficient (Wildman–Crippen LogP) is -0.398. The van der Waals surface area contributed by atoms with Crippen molar-refractivity contribution in [3.63, 3.8) is 0 Å². The summed E-state index contributed by atoms with van der Waals surface area (Å²) in [5, 5.41) is 0. The van der Waals surface area contributed by atoms with Crippen LogP contribution in [0.2, 0.25) is 0 Å². The third-order valence-corrected chi connectivity index (χ3v) is 1.28. The number of rotatable bonds is 1. The Hall–Kier alpha value is -0.620. The molecule has 0 radical (unpaired) electrons. The monoisotopic (exact) mass is 179 g/mol. The molecule has 0 rings (SSSR count). The normalized spacial score (nSPS) is 12.1. The molecule has 0 aliphatic heterocycles. The van der Waals surface area contributed by atoms with Gasteiger partial charge in [0.25, 0.3) is 11.3 Å². The van der Waals surface area contributed by atoms with E-state index in [1.165, 1.54) is 0 Å². The maximum absolute atomic E-state index is 10.3. The molecule has 6 heteroatoms. The second-order valence-electron chi connectivity index (χ2n) is 2.41. The van der Waals surface area contributed by atoms with Crippen molar-refractivity contribution in [1.82, 2.24) is 9.80 Å². The molecule has 1 atom stereocenters. The Bertz CT molecular complexity index is 169. The van der Waals surface area contributed by atoms with Gasteiger partial charge in [-0.1, -0.05) is 0 Å². The van der Waals surface area contributed by atoms with Gasteiger partial charge in [0.2, 0.25) is 5.96 Å². The molecular formula is C5H13N3O2S. The summed E-state index contributed by atoms with van der Waals surface area (Å²) in [5.41, 5.74) is 0. The molecule has 1 unspecified atom stereocenters. The summed E-state index contributed by atoms with van der Waals surface area (Å²) in [6.45, 7) is 0. The lowest BCUT2D eigenvalue weighted by Crippen LogP contribution is -2.35. The van der Waals surface area contributed by atoms with E-state index in [1.807, 2.05) is 0 Å². The fraction of sp³-hybridized carbons (Fsp3) is 0.800. The summed E-state index contributed by atoms with van der Waals surface area (Å²) in [6, 6.07) is 0. The van der Waals surface area contributed by atoms with Crippen molar-refractivity contribution >= 4 is 17.2 Å². The fourth-order valence-electron chi connectivity index (χ4n) is 0.633. The Kier molecular flexibility index (Phi) is 4.06. The maximum Gasteiger partial charge on any atom is 0.285 e. The molecule has 0 fully saturated rings. The Morgan fingerprint density at radius 1 is 1.27 bits per heavy atom. The van der Waals surface area contributed by atoms with E-state index in [-0.39, 0.29) is 0 Å². The Balaban J connectivity index is 4.46. The van der Waals surface area contributed by atoms with Crippen molar-refractivity contribution in [3.05, 3.63) is 0 Å². The van der Waals surface area contributed by atoms with E-state index in [1.54, 1.807) is 38.0 Å². The molecule has 0 aromatic heterocycles. The van der Waals surface area contributed by atoms with Crippen LogP contribution in [0, 0.1) is 0 Å². The molecule has 0 aliphatic rings. The van der Waals surface area contributed by atoms with Crippen LogP contribution >= 0.6 is 0 Å². The molecule has 11 heavy (non-hydrogen) atoms. The van der Waals surface area contributed by atoms with E-state index in [0.29, 0.717) is 5.96 Å². The second-order valence-corrected chi connectivity index (χ2v) is 3.05. The number of guanidine groups is 1. The minimum absolute atomic E-state index is 0.464. The van der Waals surface area contributed by atoms with E-state index in [0.717, 1.165) is 0 Å². The number of nitrogens with zero attached hydrogens (tertiary/aromatic N) is 3. The standard InChI is InChI=1S/C5H13N3O2S/c1-7(2)5(8(3)4)6-11(9)10/h1-4H3,(H,9,10). The molecule has 0 aliphatic carbocycles. The van der Waals surface area contributed by atoms with E-state index in [2.05, 4.69) is 4.40 Å². The average molecular weight is 179 g/mol. The molecule has 0 heterocycles. The van der Waals surface area contributed by atoms with Gasteiger partial charge in [-0.15, -0.1) is 4.40 Å². The van der Waals surface area contributed by atoms with Gasteiger partial charge >= 0.3 is 0 Å². The van der Waals surface area contributed by atoms with Gasteiger partial charge in [-0.2, -0.15) is 0 Å². The quantitative estimate of drug-likeness (QED) is 0.338. The lowest BCUT2D eigenvalue weighted by Gasteiger charge is -2.21. The third kappa shape index (κ3) is 3.94. The molecule has 66 valence electrons. The Labute approximate surface area is 69.1 Å². The van der Waals surface area contributed by atoms with Crippen LogP contribution in [0.1, 0.15) is 0 Å². The molecule has 0 saturated heterocycles. The van der Waals surface area contributed by atoms with Crippen LogP contribution < -0.4 is 0 Å². The molecule has 0 amide bonds. The molecule has 0 spiro atoms. The Morgan fingerprint density at radius 3 is 1.73 bits per heavy atom. The van der Waals surface area contributed by atoms with E-state index in [9.17, 15) is 4.21 Å². The lowest BCUT2D eigenvalue weighted by atomic mass is 10.7. The largest absolute Gasteiger partial charge is 0.348 e. The summed E-state index contributed by atoms with van der Waals surface area (Å²) in [7, 11) is 7.02. The van der Waals surface area contributed by atoms with Crippen LogP contribution in [-0.2, 0) is 11.3 Å².